The van der Waals surface area contributed by atoms with E-state index in [9.17, 15) is 0 Å². The van der Waals surface area contributed by atoms with E-state index in [1.807, 2.05) is 0 Å². The van der Waals surface area contributed by atoms with Crippen LogP contribution in [0.1, 0.15) is 49.8 Å². The Morgan fingerprint density at radius 1 is 1.33 bits per heavy atom. The third-order valence-corrected chi connectivity index (χ3v) is 4.50. The van der Waals surface area contributed by atoms with Gasteiger partial charge in [-0.2, -0.15) is 5.10 Å². The van der Waals surface area contributed by atoms with Crippen molar-refractivity contribution in [2.45, 2.75) is 45.6 Å². The molecule has 0 amide bonds. The fourth-order valence-electron chi connectivity index (χ4n) is 3.15. The van der Waals surface area contributed by atoms with Crippen molar-refractivity contribution in [3.8, 4) is 0 Å². The summed E-state index contributed by atoms with van der Waals surface area (Å²) in [6, 6.07) is 4.27. The summed E-state index contributed by atoms with van der Waals surface area (Å²) in [6.07, 6.45) is 7.83. The molecule has 2 aromatic rings. The SMILES string of the molecule is CC(C)Cc1cc(N2CC=CN(Cc3cc(C4CC4)no3)C2)n[nH]1. The molecule has 0 radical (unpaired) electrons. The van der Waals surface area contributed by atoms with Gasteiger partial charge in [0.15, 0.2) is 11.6 Å². The first-order chi connectivity index (χ1) is 11.7. The van der Waals surface area contributed by atoms with E-state index in [-0.39, 0.29) is 0 Å². The molecule has 0 bridgehead atoms. The van der Waals surface area contributed by atoms with Crippen molar-refractivity contribution in [3.63, 3.8) is 0 Å². The number of nitrogens with one attached hydrogen (secondary N) is 1. The lowest BCUT2D eigenvalue weighted by molar-refractivity contribution is 0.289. The van der Waals surface area contributed by atoms with E-state index in [2.05, 4.69) is 63.4 Å². The second-order valence-electron chi connectivity index (χ2n) is 7.34. The molecule has 0 unspecified atom stereocenters. The van der Waals surface area contributed by atoms with Gasteiger partial charge in [0.1, 0.15) is 0 Å². The predicted octanol–water partition coefficient (Wildman–Crippen LogP) is 3.27. The molecular weight excluding hydrogens is 302 g/mol. The van der Waals surface area contributed by atoms with E-state index in [0.29, 0.717) is 11.8 Å². The summed E-state index contributed by atoms with van der Waals surface area (Å²) >= 11 is 0. The van der Waals surface area contributed by atoms with E-state index in [1.54, 1.807) is 0 Å². The predicted molar refractivity (Wildman–Crippen MR) is 92.5 cm³/mol. The van der Waals surface area contributed by atoms with Crippen LogP contribution in [0, 0.1) is 5.92 Å². The van der Waals surface area contributed by atoms with E-state index < -0.39 is 0 Å². The van der Waals surface area contributed by atoms with E-state index in [1.165, 1.54) is 18.5 Å². The Morgan fingerprint density at radius 2 is 2.21 bits per heavy atom. The number of hydrogen-bond donors (Lipinski definition) is 1. The van der Waals surface area contributed by atoms with Gasteiger partial charge in [0, 0.05) is 30.3 Å². The minimum atomic E-state index is 0.628. The molecule has 4 rings (SSSR count). The lowest BCUT2D eigenvalue weighted by atomic mass is 10.1. The van der Waals surface area contributed by atoms with E-state index >= 15 is 0 Å². The Kier molecular flexibility index (Phi) is 4.04. The second-order valence-corrected chi connectivity index (χ2v) is 7.34. The number of anilines is 1. The molecule has 128 valence electrons. The topological polar surface area (TPSA) is 61.2 Å². The van der Waals surface area contributed by atoms with Crippen LogP contribution in [0.3, 0.4) is 0 Å². The summed E-state index contributed by atoms with van der Waals surface area (Å²) < 4.78 is 5.49. The fourth-order valence-corrected chi connectivity index (χ4v) is 3.15. The van der Waals surface area contributed by atoms with Gasteiger partial charge < -0.3 is 14.3 Å². The first-order valence-corrected chi connectivity index (χ1v) is 8.83. The third-order valence-electron chi connectivity index (χ3n) is 4.50. The minimum Gasteiger partial charge on any atom is -0.359 e. The zero-order valence-electron chi connectivity index (χ0n) is 14.4. The first-order valence-electron chi connectivity index (χ1n) is 8.83. The number of hydrogen-bond acceptors (Lipinski definition) is 5. The molecule has 1 aliphatic carbocycles. The van der Waals surface area contributed by atoms with Gasteiger partial charge in [-0.3, -0.25) is 5.10 Å². The van der Waals surface area contributed by atoms with Crippen LogP contribution in [0.15, 0.2) is 28.9 Å². The fraction of sp³-hybridized carbons (Fsp3) is 0.556. The van der Waals surface area contributed by atoms with Crippen molar-refractivity contribution in [2.75, 3.05) is 18.1 Å². The molecule has 6 nitrogen and oxygen atoms in total. The van der Waals surface area contributed by atoms with Gasteiger partial charge in [0.2, 0.25) is 0 Å². The summed E-state index contributed by atoms with van der Waals surface area (Å²) in [5.74, 6) is 3.21. The molecule has 2 aromatic heterocycles. The Bertz CT molecular complexity index is 713. The maximum absolute atomic E-state index is 5.49. The van der Waals surface area contributed by atoms with Crippen LogP contribution >= 0.6 is 0 Å². The van der Waals surface area contributed by atoms with Crippen molar-refractivity contribution in [2.24, 2.45) is 5.92 Å². The first kappa shape index (κ1) is 15.3. The number of rotatable bonds is 6. The van der Waals surface area contributed by atoms with E-state index in [0.717, 1.165) is 43.5 Å². The largest absolute Gasteiger partial charge is 0.359 e. The molecule has 0 spiro atoms. The van der Waals surface area contributed by atoms with Gasteiger partial charge in [0.25, 0.3) is 0 Å². The Labute approximate surface area is 142 Å². The second kappa shape index (κ2) is 6.34. The zero-order chi connectivity index (χ0) is 16.5. The monoisotopic (exact) mass is 327 g/mol. The van der Waals surface area contributed by atoms with Crippen LogP contribution in [-0.4, -0.2) is 33.5 Å². The summed E-state index contributed by atoms with van der Waals surface area (Å²) in [5.41, 5.74) is 2.32. The number of aromatic amines is 1. The average Bonchev–Trinajstić information content (AvgIpc) is 3.13. The standard InChI is InChI=1S/C18H25N5O/c1-13(2)8-15-9-18(20-19-15)23-7-3-6-22(12-23)11-16-10-17(21-24-16)14-4-5-14/h3,6,9-10,13-14H,4-5,7-8,11-12H2,1-2H3,(H,19,20). The smallest absolute Gasteiger partial charge is 0.156 e. The van der Waals surface area contributed by atoms with Crippen LogP contribution in [0.5, 0.6) is 0 Å². The highest BCUT2D eigenvalue weighted by Gasteiger charge is 2.27. The highest BCUT2D eigenvalue weighted by atomic mass is 16.5. The average molecular weight is 327 g/mol. The maximum atomic E-state index is 5.49. The molecular formula is C18H25N5O. The maximum Gasteiger partial charge on any atom is 0.156 e. The van der Waals surface area contributed by atoms with E-state index in [4.69, 9.17) is 4.52 Å². The molecule has 3 heterocycles. The molecule has 2 aliphatic rings. The summed E-state index contributed by atoms with van der Waals surface area (Å²) in [6.45, 7) is 6.88. The number of nitrogens with zero attached hydrogens (tertiary/aromatic N) is 4. The minimum absolute atomic E-state index is 0.628. The van der Waals surface area contributed by atoms with Crippen molar-refractivity contribution >= 4 is 5.82 Å². The number of aromatic nitrogens is 3. The summed E-state index contributed by atoms with van der Waals surface area (Å²) in [5, 5.41) is 11.8. The Hall–Kier alpha value is -2.24. The molecule has 1 fully saturated rings. The molecule has 0 atom stereocenters. The lowest BCUT2D eigenvalue weighted by Gasteiger charge is -2.32. The third kappa shape index (κ3) is 3.47. The summed E-state index contributed by atoms with van der Waals surface area (Å²) in [4.78, 5) is 4.50. The van der Waals surface area contributed by atoms with Crippen molar-refractivity contribution in [1.82, 2.24) is 20.3 Å². The molecule has 6 heteroatoms. The van der Waals surface area contributed by atoms with Crippen molar-refractivity contribution in [3.05, 3.63) is 41.6 Å². The highest BCUT2D eigenvalue weighted by Crippen LogP contribution is 2.39. The number of H-pyrrole nitrogens is 1. The molecule has 24 heavy (non-hydrogen) atoms. The van der Waals surface area contributed by atoms with Gasteiger partial charge in [-0.15, -0.1) is 0 Å². The highest BCUT2D eigenvalue weighted by molar-refractivity contribution is 5.41. The summed E-state index contributed by atoms with van der Waals surface area (Å²) in [7, 11) is 0. The van der Waals surface area contributed by atoms with Crippen molar-refractivity contribution < 1.29 is 4.52 Å². The molecule has 0 saturated heterocycles. The van der Waals surface area contributed by atoms with Gasteiger partial charge in [0.05, 0.1) is 18.9 Å². The molecule has 0 aromatic carbocycles. The van der Waals surface area contributed by atoms with Gasteiger partial charge in [-0.05, 0) is 37.5 Å². The Balaban J connectivity index is 1.38. The Morgan fingerprint density at radius 3 is 3.00 bits per heavy atom. The van der Waals surface area contributed by atoms with Gasteiger partial charge >= 0.3 is 0 Å². The molecule has 1 N–H and O–H groups in total. The van der Waals surface area contributed by atoms with Crippen LogP contribution in [0.25, 0.3) is 0 Å². The van der Waals surface area contributed by atoms with Crippen LogP contribution in [0.2, 0.25) is 0 Å². The lowest BCUT2D eigenvalue weighted by Crippen LogP contribution is -2.38. The van der Waals surface area contributed by atoms with Crippen LogP contribution in [-0.2, 0) is 13.0 Å². The quantitative estimate of drug-likeness (QED) is 0.882. The van der Waals surface area contributed by atoms with Crippen LogP contribution in [0.4, 0.5) is 5.82 Å². The van der Waals surface area contributed by atoms with Gasteiger partial charge in [-0.25, -0.2) is 0 Å². The normalized spacial score (nSPS) is 18.0. The van der Waals surface area contributed by atoms with Gasteiger partial charge in [-0.1, -0.05) is 19.0 Å². The zero-order valence-corrected chi connectivity index (χ0v) is 14.4. The van der Waals surface area contributed by atoms with Crippen LogP contribution < -0.4 is 4.90 Å². The molecule has 1 saturated carbocycles. The molecule has 1 aliphatic heterocycles. The van der Waals surface area contributed by atoms with Crippen molar-refractivity contribution in [1.29, 1.82) is 0 Å².